The molecule has 1 aliphatic heterocycles. The van der Waals surface area contributed by atoms with Crippen molar-refractivity contribution in [3.05, 3.63) is 64.9 Å². The normalized spacial score (nSPS) is 15.2. The van der Waals surface area contributed by atoms with E-state index in [9.17, 15) is 18.5 Å². The lowest BCUT2D eigenvalue weighted by molar-refractivity contribution is -0.131. The SMILES string of the molecule is Cc1ccc2c(CC(=O)N3CCN(S(=O)(=O)c4ccccc4C#N)CC3)coc2c1C. The van der Waals surface area contributed by atoms with Crippen molar-refractivity contribution in [1.82, 2.24) is 9.21 Å². The van der Waals surface area contributed by atoms with Gasteiger partial charge in [-0.3, -0.25) is 4.79 Å². The summed E-state index contributed by atoms with van der Waals surface area (Å²) in [6.45, 7) is 5.01. The zero-order valence-corrected chi connectivity index (χ0v) is 18.3. The van der Waals surface area contributed by atoms with Gasteiger partial charge in [0.1, 0.15) is 11.7 Å². The summed E-state index contributed by atoms with van der Waals surface area (Å²) in [5.74, 6) is -0.0598. The number of sulfonamides is 1. The molecule has 0 bridgehead atoms. The Morgan fingerprint density at radius 2 is 1.81 bits per heavy atom. The summed E-state index contributed by atoms with van der Waals surface area (Å²) in [6, 6.07) is 12.1. The number of hydrogen-bond donors (Lipinski definition) is 0. The molecule has 1 aromatic heterocycles. The maximum Gasteiger partial charge on any atom is 0.244 e. The van der Waals surface area contributed by atoms with E-state index in [4.69, 9.17) is 4.42 Å². The quantitative estimate of drug-likeness (QED) is 0.625. The van der Waals surface area contributed by atoms with E-state index in [1.165, 1.54) is 16.4 Å². The first-order valence-corrected chi connectivity index (χ1v) is 11.5. The van der Waals surface area contributed by atoms with E-state index in [1.807, 2.05) is 32.0 Å². The van der Waals surface area contributed by atoms with Crippen LogP contribution in [0.1, 0.15) is 22.3 Å². The summed E-state index contributed by atoms with van der Waals surface area (Å²) in [4.78, 5) is 14.6. The van der Waals surface area contributed by atoms with Crippen LogP contribution in [0.25, 0.3) is 11.0 Å². The molecular formula is C23H23N3O4S. The third-order valence-electron chi connectivity index (χ3n) is 5.90. The first-order chi connectivity index (χ1) is 14.8. The first-order valence-electron chi connectivity index (χ1n) is 10.1. The predicted molar refractivity (Wildman–Crippen MR) is 116 cm³/mol. The summed E-state index contributed by atoms with van der Waals surface area (Å²) < 4.78 is 33.0. The number of furan rings is 1. The van der Waals surface area contributed by atoms with E-state index in [0.717, 1.165) is 27.7 Å². The molecule has 1 aliphatic rings. The molecule has 0 spiro atoms. The van der Waals surface area contributed by atoms with Crippen LogP contribution in [0.4, 0.5) is 0 Å². The number of hydrogen-bond acceptors (Lipinski definition) is 5. The third-order valence-corrected chi connectivity index (χ3v) is 7.86. The van der Waals surface area contributed by atoms with Crippen molar-refractivity contribution < 1.29 is 17.6 Å². The zero-order valence-electron chi connectivity index (χ0n) is 17.5. The van der Waals surface area contributed by atoms with Gasteiger partial charge in [0.15, 0.2) is 0 Å². The number of fused-ring (bicyclic) bond motifs is 1. The van der Waals surface area contributed by atoms with Crippen molar-refractivity contribution in [1.29, 1.82) is 5.26 Å². The fraction of sp³-hybridized carbons (Fsp3) is 0.304. The van der Waals surface area contributed by atoms with E-state index in [2.05, 4.69) is 0 Å². The fourth-order valence-corrected chi connectivity index (χ4v) is 5.47. The molecule has 2 heterocycles. The van der Waals surface area contributed by atoms with Gasteiger partial charge < -0.3 is 9.32 Å². The van der Waals surface area contributed by atoms with Crippen molar-refractivity contribution in [2.45, 2.75) is 25.2 Å². The second-order valence-electron chi connectivity index (χ2n) is 7.71. The number of amides is 1. The number of piperazine rings is 1. The predicted octanol–water partition coefficient (Wildman–Crippen LogP) is 3.00. The Bertz CT molecular complexity index is 1300. The van der Waals surface area contributed by atoms with Crippen LogP contribution in [-0.2, 0) is 21.2 Å². The Morgan fingerprint density at radius 1 is 1.10 bits per heavy atom. The summed E-state index contributed by atoms with van der Waals surface area (Å²) in [5, 5.41) is 10.2. The molecule has 0 saturated carbocycles. The van der Waals surface area contributed by atoms with Crippen LogP contribution in [0.2, 0.25) is 0 Å². The summed E-state index contributed by atoms with van der Waals surface area (Å²) in [7, 11) is -3.78. The van der Waals surface area contributed by atoms with E-state index >= 15 is 0 Å². The van der Waals surface area contributed by atoms with Crippen LogP contribution in [0.15, 0.2) is 52.0 Å². The van der Waals surface area contributed by atoms with Crippen LogP contribution in [0, 0.1) is 25.2 Å². The molecule has 0 unspecified atom stereocenters. The van der Waals surface area contributed by atoms with Gasteiger partial charge in [-0.15, -0.1) is 0 Å². The third kappa shape index (κ3) is 3.82. The number of nitriles is 1. The van der Waals surface area contributed by atoms with Gasteiger partial charge in [-0.2, -0.15) is 9.57 Å². The highest BCUT2D eigenvalue weighted by Gasteiger charge is 2.31. The van der Waals surface area contributed by atoms with Gasteiger partial charge in [-0.05, 0) is 37.1 Å². The molecular weight excluding hydrogens is 414 g/mol. The van der Waals surface area contributed by atoms with Gasteiger partial charge >= 0.3 is 0 Å². The second kappa shape index (κ2) is 8.17. The van der Waals surface area contributed by atoms with Crippen molar-refractivity contribution in [3.63, 3.8) is 0 Å². The van der Waals surface area contributed by atoms with Crippen molar-refractivity contribution >= 4 is 26.9 Å². The minimum absolute atomic E-state index is 0.00723. The molecule has 8 heteroatoms. The maximum atomic E-state index is 13.0. The Balaban J connectivity index is 1.45. The molecule has 1 amide bonds. The fourth-order valence-electron chi connectivity index (χ4n) is 3.90. The smallest absolute Gasteiger partial charge is 0.244 e. The molecule has 160 valence electrons. The molecule has 1 saturated heterocycles. The number of carbonyl (C=O) groups is 1. The van der Waals surface area contributed by atoms with Crippen LogP contribution in [-0.4, -0.2) is 49.7 Å². The average molecular weight is 438 g/mol. The Kier molecular flexibility index (Phi) is 5.56. The van der Waals surface area contributed by atoms with Crippen LogP contribution < -0.4 is 0 Å². The molecule has 7 nitrogen and oxygen atoms in total. The number of benzene rings is 2. The van der Waals surface area contributed by atoms with E-state index in [0.29, 0.717) is 13.1 Å². The minimum Gasteiger partial charge on any atom is -0.464 e. The van der Waals surface area contributed by atoms with E-state index in [1.54, 1.807) is 23.3 Å². The van der Waals surface area contributed by atoms with E-state index in [-0.39, 0.29) is 35.9 Å². The largest absolute Gasteiger partial charge is 0.464 e. The topological polar surface area (TPSA) is 94.6 Å². The molecule has 31 heavy (non-hydrogen) atoms. The lowest BCUT2D eigenvalue weighted by Gasteiger charge is -2.34. The second-order valence-corrected chi connectivity index (χ2v) is 9.62. The Morgan fingerprint density at radius 3 is 2.52 bits per heavy atom. The van der Waals surface area contributed by atoms with Gasteiger partial charge in [0, 0.05) is 37.1 Å². The number of rotatable bonds is 4. The molecule has 0 atom stereocenters. The molecule has 2 aromatic carbocycles. The van der Waals surface area contributed by atoms with Crippen LogP contribution in [0.3, 0.4) is 0 Å². The Hall–Kier alpha value is -3.15. The van der Waals surface area contributed by atoms with E-state index < -0.39 is 10.0 Å². The van der Waals surface area contributed by atoms with Gasteiger partial charge in [0.25, 0.3) is 0 Å². The monoisotopic (exact) mass is 437 g/mol. The molecule has 3 aromatic rings. The number of nitrogens with zero attached hydrogens (tertiary/aromatic N) is 3. The highest BCUT2D eigenvalue weighted by atomic mass is 32.2. The first kappa shape index (κ1) is 21.1. The van der Waals surface area contributed by atoms with Gasteiger partial charge in [0.2, 0.25) is 15.9 Å². The van der Waals surface area contributed by atoms with Crippen LogP contribution in [0.5, 0.6) is 0 Å². The maximum absolute atomic E-state index is 13.0. The standard InChI is InChI=1S/C23H23N3O4S/c1-16-7-8-20-19(15-30-23(20)17(16)2)13-22(27)25-9-11-26(12-10-25)31(28,29)21-6-4-3-5-18(21)14-24/h3-8,15H,9-13H2,1-2H3. The molecule has 0 N–H and O–H groups in total. The molecule has 0 radical (unpaired) electrons. The minimum atomic E-state index is -3.78. The van der Waals surface area contributed by atoms with Crippen molar-refractivity contribution in [3.8, 4) is 6.07 Å². The van der Waals surface area contributed by atoms with Gasteiger partial charge in [0.05, 0.1) is 23.1 Å². The lowest BCUT2D eigenvalue weighted by Crippen LogP contribution is -2.50. The molecule has 0 aliphatic carbocycles. The molecule has 4 rings (SSSR count). The Labute approximate surface area is 181 Å². The van der Waals surface area contributed by atoms with Gasteiger partial charge in [-0.25, -0.2) is 8.42 Å². The highest BCUT2D eigenvalue weighted by Crippen LogP contribution is 2.27. The molecule has 1 fully saturated rings. The summed E-state index contributed by atoms with van der Waals surface area (Å²) in [6.07, 6.45) is 1.84. The highest BCUT2D eigenvalue weighted by molar-refractivity contribution is 7.89. The van der Waals surface area contributed by atoms with Gasteiger partial charge in [-0.1, -0.05) is 24.3 Å². The summed E-state index contributed by atoms with van der Waals surface area (Å²) in [5.41, 5.74) is 3.96. The van der Waals surface area contributed by atoms with Crippen molar-refractivity contribution in [2.75, 3.05) is 26.2 Å². The lowest BCUT2D eigenvalue weighted by atomic mass is 10.0. The van der Waals surface area contributed by atoms with Crippen molar-refractivity contribution in [2.24, 2.45) is 0 Å². The van der Waals surface area contributed by atoms with Crippen LogP contribution >= 0.6 is 0 Å². The number of aryl methyl sites for hydroxylation is 2. The average Bonchev–Trinajstić information content (AvgIpc) is 3.19. The zero-order chi connectivity index (χ0) is 22.2. The number of carbonyl (C=O) groups excluding carboxylic acids is 1. The summed E-state index contributed by atoms with van der Waals surface area (Å²) >= 11 is 0.